The van der Waals surface area contributed by atoms with Gasteiger partial charge in [-0.05, 0) is 0 Å². The van der Waals surface area contributed by atoms with Crippen molar-refractivity contribution in [2.75, 3.05) is 39.3 Å². The van der Waals surface area contributed by atoms with Crippen molar-refractivity contribution in [3.05, 3.63) is 49.8 Å². The third-order valence-corrected chi connectivity index (χ3v) is 5.48. The molecule has 3 aromatic rings. The Morgan fingerprint density at radius 2 is 0.846 bits per heavy atom. The average molecular weight is 661 g/mol. The molecule has 0 aromatic carbocycles. The number of nitrogens with zero attached hydrogens (tertiary/aromatic N) is 7. The number of thiazole rings is 3. The minimum absolute atomic E-state index is 0. The van der Waals surface area contributed by atoms with Crippen LogP contribution in [0.1, 0.15) is 17.1 Å². The zero-order chi connectivity index (χ0) is 28.3. The minimum Gasteiger partial charge on any atom is -0.418 e. The van der Waals surface area contributed by atoms with E-state index in [-0.39, 0.29) is 17.1 Å². The van der Waals surface area contributed by atoms with Gasteiger partial charge in [-0.25, -0.2) is 15.0 Å². The first-order valence-electron chi connectivity index (χ1n) is 10.5. The third-order valence-electron chi connectivity index (χ3n) is 3.66. The van der Waals surface area contributed by atoms with Crippen LogP contribution in [0.3, 0.4) is 0 Å². The van der Waals surface area contributed by atoms with Gasteiger partial charge in [0.2, 0.25) is 0 Å². The van der Waals surface area contributed by atoms with E-state index in [9.17, 15) is 34.5 Å². The Morgan fingerprint density at radius 1 is 0.590 bits per heavy atom. The molecule has 0 aliphatic carbocycles. The molecule has 21 heteroatoms. The summed E-state index contributed by atoms with van der Waals surface area (Å²) in [5, 5.41) is 5.96. The van der Waals surface area contributed by atoms with Crippen LogP contribution in [-0.2, 0) is 17.1 Å². The van der Waals surface area contributed by atoms with Crippen molar-refractivity contribution < 1.29 is 51.6 Å². The summed E-state index contributed by atoms with van der Waals surface area (Å²) in [5.74, 6) is 0. The largest absolute Gasteiger partial charge is 2.00 e. The number of aliphatic imine (C=N–C) groups is 3. The van der Waals surface area contributed by atoms with Gasteiger partial charge in [-0.15, -0.1) is 34.0 Å². The Balaban J connectivity index is 0.00000113. The predicted octanol–water partition coefficient (Wildman–Crippen LogP) is 5.61. The molecule has 0 aliphatic rings. The molecular weight excluding hydrogens is 640 g/mol. The van der Waals surface area contributed by atoms with E-state index in [1.165, 1.54) is 0 Å². The fourth-order valence-corrected chi connectivity index (χ4v) is 3.78. The summed E-state index contributed by atoms with van der Waals surface area (Å²) in [5.41, 5.74) is 8.18. The molecule has 0 unspecified atom stereocenters. The molecule has 0 saturated heterocycles. The van der Waals surface area contributed by atoms with E-state index >= 15 is 0 Å². The molecule has 3 rings (SSSR count). The number of hydrogen-bond donors (Lipinski definition) is 0. The van der Waals surface area contributed by atoms with Crippen LogP contribution >= 0.6 is 34.0 Å². The maximum absolute atomic E-state index is 9.75. The van der Waals surface area contributed by atoms with E-state index in [4.69, 9.17) is 0 Å². The topological polar surface area (TPSA) is 79.0 Å². The summed E-state index contributed by atoms with van der Waals surface area (Å²) in [7, 11) is -12.0. The predicted molar refractivity (Wildman–Crippen MR) is 141 cm³/mol. The Hall–Kier alpha value is -2.05. The molecule has 3 aromatic heterocycles. The molecule has 0 amide bonds. The standard InChI is InChI=1S/C18H21N7S3.2BF4.Fe/c1(19-7-16-10-26-13-22-16)4-25(5-2-20-8-17-11-27-14-23-17)6-3-21-9-18-12-28-15-24-18;2*2-1(3,4)5;/h7-15H,1-6H2;;;/q;2*-1;+2. The summed E-state index contributed by atoms with van der Waals surface area (Å²) in [4.78, 5) is 28.4. The summed E-state index contributed by atoms with van der Waals surface area (Å²) in [6.45, 7) is 4.76. The molecule has 7 nitrogen and oxygen atoms in total. The van der Waals surface area contributed by atoms with Crippen LogP contribution in [0.15, 0.2) is 47.6 Å². The maximum atomic E-state index is 9.75. The molecule has 216 valence electrons. The molecule has 0 saturated carbocycles. The van der Waals surface area contributed by atoms with Gasteiger partial charge in [-0.1, -0.05) is 0 Å². The molecule has 0 fully saturated rings. The van der Waals surface area contributed by atoms with Gasteiger partial charge in [0.05, 0.1) is 53.2 Å². The van der Waals surface area contributed by atoms with Crippen LogP contribution in [0.25, 0.3) is 0 Å². The quantitative estimate of drug-likeness (QED) is 0.144. The smallest absolute Gasteiger partial charge is 0.418 e. The molecular formula is C18H21B2F8FeN7S3. The van der Waals surface area contributed by atoms with Crippen molar-refractivity contribution >= 4 is 67.2 Å². The minimum atomic E-state index is -6.00. The fourth-order valence-electron chi connectivity index (χ4n) is 2.26. The number of aromatic nitrogens is 3. The van der Waals surface area contributed by atoms with Crippen molar-refractivity contribution in [2.24, 2.45) is 15.0 Å². The zero-order valence-corrected chi connectivity index (χ0v) is 23.4. The van der Waals surface area contributed by atoms with E-state index in [0.29, 0.717) is 0 Å². The molecule has 0 N–H and O–H groups in total. The summed E-state index contributed by atoms with van der Waals surface area (Å²) >= 11 is 4.73. The molecule has 39 heavy (non-hydrogen) atoms. The van der Waals surface area contributed by atoms with Crippen molar-refractivity contribution in [3.8, 4) is 0 Å². The van der Waals surface area contributed by atoms with E-state index < -0.39 is 14.5 Å². The van der Waals surface area contributed by atoms with E-state index in [1.54, 1.807) is 34.0 Å². The van der Waals surface area contributed by atoms with Gasteiger partial charge in [0.25, 0.3) is 0 Å². The molecule has 0 aliphatic heterocycles. The normalized spacial score (nSPS) is 11.9. The fraction of sp³-hybridized carbons (Fsp3) is 0.333. The first-order valence-corrected chi connectivity index (χ1v) is 13.3. The Bertz CT molecular complexity index is 913. The van der Waals surface area contributed by atoms with E-state index in [1.807, 2.05) is 51.3 Å². The van der Waals surface area contributed by atoms with Crippen LogP contribution < -0.4 is 0 Å². The first-order chi connectivity index (χ1) is 17.9. The van der Waals surface area contributed by atoms with Crippen LogP contribution in [0.4, 0.5) is 34.5 Å². The monoisotopic (exact) mass is 661 g/mol. The van der Waals surface area contributed by atoms with Gasteiger partial charge in [0.15, 0.2) is 0 Å². The molecule has 0 bridgehead atoms. The van der Waals surface area contributed by atoms with Gasteiger partial charge in [0.1, 0.15) is 0 Å². The van der Waals surface area contributed by atoms with Crippen molar-refractivity contribution in [1.82, 2.24) is 19.9 Å². The van der Waals surface area contributed by atoms with Gasteiger partial charge in [-0.2, -0.15) is 0 Å². The Labute approximate surface area is 241 Å². The average Bonchev–Trinajstić information content (AvgIpc) is 3.58. The van der Waals surface area contributed by atoms with Crippen molar-refractivity contribution in [1.29, 1.82) is 0 Å². The van der Waals surface area contributed by atoms with Crippen molar-refractivity contribution in [2.45, 2.75) is 0 Å². The molecule has 0 atom stereocenters. The van der Waals surface area contributed by atoms with Crippen LogP contribution in [0.5, 0.6) is 0 Å². The van der Waals surface area contributed by atoms with Crippen molar-refractivity contribution in [3.63, 3.8) is 0 Å². The van der Waals surface area contributed by atoms with Gasteiger partial charge in [0, 0.05) is 54.4 Å². The van der Waals surface area contributed by atoms with E-state index in [0.717, 1.165) is 56.4 Å². The third kappa shape index (κ3) is 26.0. The second-order valence-corrected chi connectivity index (χ2v) is 8.83. The molecule has 3 heterocycles. The Kier molecular flexibility index (Phi) is 19.7. The summed E-state index contributed by atoms with van der Waals surface area (Å²) in [6, 6.07) is 0. The second-order valence-electron chi connectivity index (χ2n) is 6.68. The van der Waals surface area contributed by atoms with Crippen LogP contribution in [0.2, 0.25) is 0 Å². The number of hydrogen-bond acceptors (Lipinski definition) is 10. The van der Waals surface area contributed by atoms with Crippen LogP contribution in [-0.4, -0.2) is 92.3 Å². The zero-order valence-electron chi connectivity index (χ0n) is 19.8. The second kappa shape index (κ2) is 20.8. The summed E-state index contributed by atoms with van der Waals surface area (Å²) in [6.07, 6.45) is 5.49. The van der Waals surface area contributed by atoms with Gasteiger partial charge in [-0.3, -0.25) is 19.9 Å². The van der Waals surface area contributed by atoms with Crippen LogP contribution in [0, 0.1) is 0 Å². The number of halogens is 8. The van der Waals surface area contributed by atoms with E-state index in [2.05, 4.69) is 34.8 Å². The van der Waals surface area contributed by atoms with Gasteiger partial charge >= 0.3 is 31.6 Å². The molecule has 0 radical (unpaired) electrons. The van der Waals surface area contributed by atoms with Gasteiger partial charge < -0.3 is 34.5 Å². The first kappa shape index (κ1) is 36.9. The maximum Gasteiger partial charge on any atom is 2.00 e. The SMILES string of the molecule is C(=NCCN(CCN=Cc1cscn1)CCN=Cc1cscn1)c1cscn1.F[B-](F)(F)F.F[B-](F)(F)F.[Fe+2]. The summed E-state index contributed by atoms with van der Waals surface area (Å²) < 4.78 is 78.0. The Morgan fingerprint density at radius 3 is 1.05 bits per heavy atom. The molecule has 0 spiro atoms. The number of rotatable bonds is 12.